The maximum absolute atomic E-state index is 11.2. The number of hydrogen-bond donors (Lipinski definition) is 3. The molecule has 9 nitrogen and oxygen atoms in total. The molecule has 0 aliphatic heterocycles. The SMILES string of the molecule is CS(=O)(=O)CS(=O)(=O)NC(CC(N)=O)C(=O)O. The second-order valence-electron chi connectivity index (χ2n) is 3.34. The average Bonchev–Trinajstić information content (AvgIpc) is 1.95. The molecule has 0 heterocycles. The van der Waals surface area contributed by atoms with Gasteiger partial charge in [-0.3, -0.25) is 9.59 Å². The predicted octanol–water partition coefficient (Wildman–Crippen LogP) is -2.76. The summed E-state index contributed by atoms with van der Waals surface area (Å²) in [7, 11) is -8.20. The third-order valence-electron chi connectivity index (χ3n) is 1.39. The molecule has 0 aromatic rings. The van der Waals surface area contributed by atoms with Gasteiger partial charge in [-0.15, -0.1) is 0 Å². The number of nitrogens with two attached hydrogens (primary N) is 1. The van der Waals surface area contributed by atoms with Gasteiger partial charge in [0.05, 0.1) is 6.42 Å². The Morgan fingerprint density at radius 1 is 1.29 bits per heavy atom. The monoisotopic (exact) mass is 288 g/mol. The first-order valence-electron chi connectivity index (χ1n) is 4.12. The molecule has 1 atom stereocenters. The number of carbonyl (C=O) groups is 2. The Balaban J connectivity index is 4.88. The number of amides is 1. The zero-order chi connectivity index (χ0) is 13.9. The lowest BCUT2D eigenvalue weighted by atomic mass is 10.2. The van der Waals surface area contributed by atoms with E-state index in [0.29, 0.717) is 6.26 Å². The highest BCUT2D eigenvalue weighted by molar-refractivity contribution is 8.06. The zero-order valence-electron chi connectivity index (χ0n) is 8.78. The van der Waals surface area contributed by atoms with Crippen LogP contribution in [-0.4, -0.2) is 51.2 Å². The summed E-state index contributed by atoms with van der Waals surface area (Å²) in [5.74, 6) is -2.65. The highest BCUT2D eigenvalue weighted by Crippen LogP contribution is 1.99. The summed E-state index contributed by atoms with van der Waals surface area (Å²) in [4.78, 5) is 21.1. The molecular formula is C6H12N2O7S2. The van der Waals surface area contributed by atoms with Crippen LogP contribution in [0.25, 0.3) is 0 Å². The fourth-order valence-corrected chi connectivity index (χ4v) is 4.06. The average molecular weight is 288 g/mol. The van der Waals surface area contributed by atoms with Crippen molar-refractivity contribution < 1.29 is 31.5 Å². The number of sulfonamides is 1. The molecule has 0 saturated heterocycles. The number of nitrogens with one attached hydrogen (secondary N) is 1. The second kappa shape index (κ2) is 5.42. The van der Waals surface area contributed by atoms with Crippen molar-refractivity contribution in [3.05, 3.63) is 0 Å². The van der Waals surface area contributed by atoms with E-state index < -0.39 is 49.3 Å². The molecule has 0 aromatic carbocycles. The number of carbonyl (C=O) groups excluding carboxylic acids is 1. The fraction of sp³-hybridized carbons (Fsp3) is 0.667. The molecular weight excluding hydrogens is 276 g/mol. The van der Waals surface area contributed by atoms with Crippen LogP contribution in [0.1, 0.15) is 6.42 Å². The highest BCUT2D eigenvalue weighted by atomic mass is 32.3. The first-order valence-corrected chi connectivity index (χ1v) is 7.83. The molecule has 1 unspecified atom stereocenters. The zero-order valence-corrected chi connectivity index (χ0v) is 10.4. The van der Waals surface area contributed by atoms with E-state index in [9.17, 15) is 26.4 Å². The maximum atomic E-state index is 11.2. The molecule has 11 heteroatoms. The van der Waals surface area contributed by atoms with E-state index in [1.807, 2.05) is 0 Å². The third-order valence-corrected chi connectivity index (χ3v) is 4.99. The van der Waals surface area contributed by atoms with Crippen LogP contribution in [0.3, 0.4) is 0 Å². The van der Waals surface area contributed by atoms with Crippen LogP contribution in [0.4, 0.5) is 0 Å². The van der Waals surface area contributed by atoms with Crippen LogP contribution in [0.2, 0.25) is 0 Å². The lowest BCUT2D eigenvalue weighted by Crippen LogP contribution is -2.44. The van der Waals surface area contributed by atoms with Gasteiger partial charge in [0, 0.05) is 6.26 Å². The minimum atomic E-state index is -4.36. The van der Waals surface area contributed by atoms with E-state index in [4.69, 9.17) is 10.8 Å². The Morgan fingerprint density at radius 2 is 1.76 bits per heavy atom. The van der Waals surface area contributed by atoms with Gasteiger partial charge in [-0.25, -0.2) is 16.8 Å². The van der Waals surface area contributed by atoms with Gasteiger partial charge in [0.25, 0.3) is 0 Å². The smallest absolute Gasteiger partial charge is 0.322 e. The van der Waals surface area contributed by atoms with E-state index in [2.05, 4.69) is 0 Å². The molecule has 0 aliphatic rings. The maximum Gasteiger partial charge on any atom is 0.322 e. The molecule has 0 saturated carbocycles. The molecule has 0 bridgehead atoms. The third kappa shape index (κ3) is 7.65. The number of carboxylic acid groups (broad SMARTS) is 1. The second-order valence-corrected chi connectivity index (χ2v) is 7.60. The van der Waals surface area contributed by atoms with Crippen molar-refractivity contribution in [2.45, 2.75) is 12.5 Å². The van der Waals surface area contributed by atoms with E-state index in [0.717, 1.165) is 0 Å². The van der Waals surface area contributed by atoms with Crippen molar-refractivity contribution >= 4 is 31.7 Å². The molecule has 0 rings (SSSR count). The summed E-state index contributed by atoms with van der Waals surface area (Å²) in [6, 6.07) is -1.78. The Hall–Kier alpha value is -1.20. The van der Waals surface area contributed by atoms with Gasteiger partial charge in [-0.2, -0.15) is 4.72 Å². The van der Waals surface area contributed by atoms with E-state index in [1.54, 1.807) is 4.72 Å². The molecule has 100 valence electrons. The summed E-state index contributed by atoms with van der Waals surface area (Å²) in [6.07, 6.45) is -0.0889. The standard InChI is InChI=1S/C6H12N2O7S2/c1-16(12,13)3-17(14,15)8-4(6(10)11)2-5(7)9/h4,8H,2-3H2,1H3,(H2,7,9)(H,10,11). The topological polar surface area (TPSA) is 161 Å². The molecule has 4 N–H and O–H groups in total. The van der Waals surface area contributed by atoms with Crippen LogP contribution in [0.15, 0.2) is 0 Å². The molecule has 0 radical (unpaired) electrons. The Labute approximate surface area is 98.0 Å². The minimum absolute atomic E-state index is 0.677. The number of primary amides is 1. The van der Waals surface area contributed by atoms with Crippen LogP contribution < -0.4 is 10.5 Å². The van der Waals surface area contributed by atoms with Crippen molar-refractivity contribution in [3.63, 3.8) is 0 Å². The van der Waals surface area contributed by atoms with Crippen LogP contribution in [0.5, 0.6) is 0 Å². The summed E-state index contributed by atoms with van der Waals surface area (Å²) in [6.45, 7) is 0. The van der Waals surface area contributed by atoms with Crippen molar-refractivity contribution in [1.82, 2.24) is 4.72 Å². The van der Waals surface area contributed by atoms with Gasteiger partial charge in [0.2, 0.25) is 15.9 Å². The lowest BCUT2D eigenvalue weighted by Gasteiger charge is -2.12. The summed E-state index contributed by atoms with van der Waals surface area (Å²) >= 11 is 0. The quantitative estimate of drug-likeness (QED) is 0.457. The van der Waals surface area contributed by atoms with Gasteiger partial charge in [0.1, 0.15) is 6.04 Å². The first kappa shape index (κ1) is 15.8. The minimum Gasteiger partial charge on any atom is -0.480 e. The normalized spacial score (nSPS) is 14.2. The molecule has 0 aromatic heterocycles. The predicted molar refractivity (Wildman–Crippen MR) is 57.0 cm³/mol. The van der Waals surface area contributed by atoms with Crippen LogP contribution >= 0.6 is 0 Å². The Morgan fingerprint density at radius 3 is 2.06 bits per heavy atom. The molecule has 0 fully saturated rings. The van der Waals surface area contributed by atoms with Crippen molar-refractivity contribution in [1.29, 1.82) is 0 Å². The lowest BCUT2D eigenvalue weighted by molar-refractivity contribution is -0.140. The Kier molecular flexibility index (Phi) is 5.04. The van der Waals surface area contributed by atoms with Crippen LogP contribution in [-0.2, 0) is 29.4 Å². The summed E-state index contributed by atoms with van der Waals surface area (Å²) in [5, 5.41) is 7.34. The number of rotatable bonds is 7. The highest BCUT2D eigenvalue weighted by Gasteiger charge is 2.27. The molecule has 0 spiro atoms. The van der Waals surface area contributed by atoms with Crippen molar-refractivity contribution in [2.75, 3.05) is 11.3 Å². The first-order chi connectivity index (χ1) is 7.43. The number of sulfone groups is 1. The summed E-state index contributed by atoms with van der Waals surface area (Å²) in [5.41, 5.74) is 4.72. The van der Waals surface area contributed by atoms with Gasteiger partial charge in [0.15, 0.2) is 14.9 Å². The van der Waals surface area contributed by atoms with E-state index in [1.165, 1.54) is 0 Å². The number of aliphatic carboxylic acids is 1. The van der Waals surface area contributed by atoms with E-state index >= 15 is 0 Å². The van der Waals surface area contributed by atoms with Gasteiger partial charge in [-0.05, 0) is 0 Å². The van der Waals surface area contributed by atoms with Gasteiger partial charge in [-0.1, -0.05) is 0 Å². The molecule has 0 aliphatic carbocycles. The van der Waals surface area contributed by atoms with Gasteiger partial charge >= 0.3 is 5.97 Å². The number of hydrogen-bond acceptors (Lipinski definition) is 6. The Bertz CT molecular complexity index is 506. The largest absolute Gasteiger partial charge is 0.480 e. The fourth-order valence-electron chi connectivity index (χ4n) is 0.913. The van der Waals surface area contributed by atoms with E-state index in [-0.39, 0.29) is 0 Å². The molecule has 1 amide bonds. The van der Waals surface area contributed by atoms with Crippen molar-refractivity contribution in [2.24, 2.45) is 5.73 Å². The number of carboxylic acids is 1. The molecule has 17 heavy (non-hydrogen) atoms. The van der Waals surface area contributed by atoms with Crippen LogP contribution in [0, 0.1) is 0 Å². The van der Waals surface area contributed by atoms with Crippen molar-refractivity contribution in [3.8, 4) is 0 Å². The summed E-state index contributed by atoms with van der Waals surface area (Å²) < 4.78 is 45.6. The van der Waals surface area contributed by atoms with Gasteiger partial charge < -0.3 is 10.8 Å².